The molecule has 9 nitrogen and oxygen atoms in total. The number of rotatable bonds is 7. The summed E-state index contributed by atoms with van der Waals surface area (Å²) in [6, 6.07) is 11.3. The highest BCUT2D eigenvalue weighted by molar-refractivity contribution is 6.13. The van der Waals surface area contributed by atoms with Crippen molar-refractivity contribution in [2.75, 3.05) is 11.5 Å². The molecule has 0 saturated heterocycles. The van der Waals surface area contributed by atoms with Gasteiger partial charge in [-0.1, -0.05) is 18.2 Å². The molecule has 3 rings (SSSR count). The number of carbonyl (C=O) groups is 4. The molecule has 0 aliphatic carbocycles. The zero-order chi connectivity index (χ0) is 29.1. The van der Waals surface area contributed by atoms with Gasteiger partial charge in [0, 0.05) is 17.3 Å². The predicted molar refractivity (Wildman–Crippen MR) is 129 cm³/mol. The van der Waals surface area contributed by atoms with E-state index in [-0.39, 0.29) is 34.7 Å². The van der Waals surface area contributed by atoms with Gasteiger partial charge < -0.3 is 14.6 Å². The summed E-state index contributed by atoms with van der Waals surface area (Å²) in [4.78, 5) is 52.6. The van der Waals surface area contributed by atoms with Gasteiger partial charge in [0.2, 0.25) is 5.91 Å². The van der Waals surface area contributed by atoms with Gasteiger partial charge in [-0.3, -0.25) is 14.5 Å². The Hall–Kier alpha value is -4.66. The zero-order valence-electron chi connectivity index (χ0n) is 21.0. The average Bonchev–Trinajstić information content (AvgIpc) is 2.88. The number of nitriles is 1. The first-order valence-corrected chi connectivity index (χ1v) is 11.6. The quantitative estimate of drug-likeness (QED) is 0.405. The molecule has 0 saturated carbocycles. The number of anilines is 1. The van der Waals surface area contributed by atoms with Gasteiger partial charge in [-0.05, 0) is 56.7 Å². The fraction of sp³-hybridized carbons (Fsp3) is 0.296. The molecule has 1 amide bonds. The number of carboxylic acid groups (broad SMARTS) is 1. The van der Waals surface area contributed by atoms with Crippen molar-refractivity contribution in [3.63, 3.8) is 0 Å². The van der Waals surface area contributed by atoms with Crippen molar-refractivity contribution >= 4 is 29.5 Å². The molecule has 1 heterocycles. The number of halogens is 3. The van der Waals surface area contributed by atoms with Crippen LogP contribution in [0.3, 0.4) is 0 Å². The van der Waals surface area contributed by atoms with Crippen LogP contribution in [0.25, 0.3) is 0 Å². The molecule has 3 unspecified atom stereocenters. The van der Waals surface area contributed by atoms with Crippen LogP contribution in [-0.4, -0.2) is 41.6 Å². The summed E-state index contributed by atoms with van der Waals surface area (Å²) >= 11 is 0. The Morgan fingerprint density at radius 1 is 1.15 bits per heavy atom. The number of carboxylic acids is 1. The van der Waals surface area contributed by atoms with E-state index in [1.165, 1.54) is 44.2 Å². The van der Waals surface area contributed by atoms with Crippen molar-refractivity contribution in [1.82, 2.24) is 0 Å². The number of amides is 1. The number of alkyl halides is 3. The van der Waals surface area contributed by atoms with E-state index in [9.17, 15) is 37.5 Å². The first-order valence-electron chi connectivity index (χ1n) is 11.6. The van der Waals surface area contributed by atoms with Crippen LogP contribution < -0.4 is 4.90 Å². The van der Waals surface area contributed by atoms with Crippen LogP contribution in [0.15, 0.2) is 59.8 Å². The Morgan fingerprint density at radius 2 is 1.79 bits per heavy atom. The van der Waals surface area contributed by atoms with Gasteiger partial charge in [0.15, 0.2) is 6.10 Å². The van der Waals surface area contributed by atoms with Crippen LogP contribution >= 0.6 is 0 Å². The van der Waals surface area contributed by atoms with Crippen molar-refractivity contribution in [3.05, 3.63) is 76.5 Å². The fourth-order valence-electron chi connectivity index (χ4n) is 4.24. The molecule has 0 radical (unpaired) electrons. The van der Waals surface area contributed by atoms with Crippen LogP contribution in [-0.2, 0) is 34.8 Å². The van der Waals surface area contributed by atoms with E-state index in [1.807, 2.05) is 6.07 Å². The minimum Gasteiger partial charge on any atom is -0.479 e. The molecular formula is C27H23F3N2O7. The summed E-state index contributed by atoms with van der Waals surface area (Å²) in [5.74, 6) is -7.81. The maximum Gasteiger partial charge on any atom is 0.416 e. The van der Waals surface area contributed by atoms with E-state index < -0.39 is 53.5 Å². The second-order valence-corrected chi connectivity index (χ2v) is 8.55. The molecule has 0 spiro atoms. The van der Waals surface area contributed by atoms with Gasteiger partial charge in [0.1, 0.15) is 5.92 Å². The maximum absolute atomic E-state index is 13.8. The summed E-state index contributed by atoms with van der Waals surface area (Å²) < 4.78 is 50.6. The van der Waals surface area contributed by atoms with Crippen LogP contribution in [0.5, 0.6) is 0 Å². The third-order valence-electron chi connectivity index (χ3n) is 6.08. The van der Waals surface area contributed by atoms with E-state index in [2.05, 4.69) is 0 Å². The van der Waals surface area contributed by atoms with Gasteiger partial charge >= 0.3 is 24.1 Å². The van der Waals surface area contributed by atoms with E-state index in [1.54, 1.807) is 0 Å². The summed E-state index contributed by atoms with van der Waals surface area (Å²) in [6.45, 7) is 3.70. The number of benzene rings is 2. The lowest BCUT2D eigenvalue weighted by atomic mass is 9.75. The summed E-state index contributed by atoms with van der Waals surface area (Å²) in [6.07, 6.45) is -6.38. The smallest absolute Gasteiger partial charge is 0.416 e. The van der Waals surface area contributed by atoms with Gasteiger partial charge in [-0.2, -0.15) is 18.4 Å². The molecule has 3 atom stereocenters. The topological polar surface area (TPSA) is 134 Å². The van der Waals surface area contributed by atoms with Crippen molar-refractivity contribution in [1.29, 1.82) is 5.26 Å². The summed E-state index contributed by atoms with van der Waals surface area (Å²) in [7, 11) is 0. The number of nitrogens with zero attached hydrogens (tertiary/aromatic N) is 2. The SMILES string of the molecule is CCOC(=O)C1C(=O)N(c2cccc(C(F)(F)F)c2)C(C)=C(C(=O)OC(C)C(=O)O)C1c1ccc(C#N)cc1. The molecule has 204 valence electrons. The molecule has 1 N–H and O–H groups in total. The Morgan fingerprint density at radius 3 is 2.33 bits per heavy atom. The van der Waals surface area contributed by atoms with Crippen molar-refractivity contribution < 1.29 is 46.9 Å². The second kappa shape index (κ2) is 11.4. The Balaban J connectivity index is 2.33. The molecule has 1 aliphatic rings. The van der Waals surface area contributed by atoms with E-state index in [0.29, 0.717) is 6.07 Å². The number of allylic oxidation sites excluding steroid dienone is 1. The normalized spacial score (nSPS) is 18.3. The maximum atomic E-state index is 13.8. The number of esters is 2. The van der Waals surface area contributed by atoms with Gasteiger partial charge in [0.05, 0.1) is 29.4 Å². The zero-order valence-corrected chi connectivity index (χ0v) is 21.0. The first-order chi connectivity index (χ1) is 18.3. The second-order valence-electron chi connectivity index (χ2n) is 8.55. The van der Waals surface area contributed by atoms with Crippen LogP contribution in [0, 0.1) is 17.2 Å². The molecule has 2 aromatic carbocycles. The number of aliphatic carboxylic acids is 1. The Kier molecular flexibility index (Phi) is 8.44. The lowest BCUT2D eigenvalue weighted by molar-refractivity contribution is -0.161. The highest BCUT2D eigenvalue weighted by Crippen LogP contribution is 2.44. The van der Waals surface area contributed by atoms with Gasteiger partial charge in [-0.25, -0.2) is 9.59 Å². The van der Waals surface area contributed by atoms with Crippen molar-refractivity contribution in [2.45, 2.75) is 39.0 Å². The molecule has 0 fully saturated rings. The molecular weight excluding hydrogens is 521 g/mol. The Bertz CT molecular complexity index is 1380. The van der Waals surface area contributed by atoms with E-state index in [0.717, 1.165) is 24.0 Å². The van der Waals surface area contributed by atoms with Gasteiger partial charge in [-0.15, -0.1) is 0 Å². The number of hydrogen-bond donors (Lipinski definition) is 1. The first kappa shape index (κ1) is 28.9. The molecule has 0 bridgehead atoms. The van der Waals surface area contributed by atoms with Crippen molar-refractivity contribution in [3.8, 4) is 6.07 Å². The monoisotopic (exact) mass is 544 g/mol. The number of ether oxygens (including phenoxy) is 2. The van der Waals surface area contributed by atoms with Crippen molar-refractivity contribution in [2.24, 2.45) is 5.92 Å². The molecule has 0 aromatic heterocycles. The summed E-state index contributed by atoms with van der Waals surface area (Å²) in [5.41, 5.74) is -1.40. The fourth-order valence-corrected chi connectivity index (χ4v) is 4.24. The lowest BCUT2D eigenvalue weighted by Crippen LogP contribution is -2.49. The average molecular weight is 544 g/mol. The van der Waals surface area contributed by atoms with Crippen LogP contribution in [0.2, 0.25) is 0 Å². The lowest BCUT2D eigenvalue weighted by Gasteiger charge is -2.39. The van der Waals surface area contributed by atoms with E-state index in [4.69, 9.17) is 14.7 Å². The minimum atomic E-state index is -4.75. The van der Waals surface area contributed by atoms with Gasteiger partial charge in [0.25, 0.3) is 0 Å². The highest BCUT2D eigenvalue weighted by atomic mass is 19.4. The Labute approximate surface area is 221 Å². The third-order valence-corrected chi connectivity index (χ3v) is 6.08. The third kappa shape index (κ3) is 5.93. The molecule has 1 aliphatic heterocycles. The minimum absolute atomic E-state index is 0.148. The van der Waals surface area contributed by atoms with Crippen LogP contribution in [0.1, 0.15) is 43.4 Å². The largest absolute Gasteiger partial charge is 0.479 e. The standard InChI is InChI=1S/C27H23F3N2O7/c1-4-38-25(36)22-21(17-10-8-16(13-31)9-11-17)20(26(37)39-15(3)24(34)35)14(2)32(23(22)33)19-7-5-6-18(12-19)27(28,29)30/h5-12,15,21-22H,4H2,1-3H3,(H,34,35). The predicted octanol–water partition coefficient (Wildman–Crippen LogP) is 4.18. The number of carbonyl (C=O) groups excluding carboxylic acids is 3. The van der Waals surface area contributed by atoms with E-state index >= 15 is 0 Å². The van der Waals surface area contributed by atoms with Crippen LogP contribution in [0.4, 0.5) is 18.9 Å². The summed E-state index contributed by atoms with van der Waals surface area (Å²) in [5, 5.41) is 18.4. The molecule has 12 heteroatoms. The highest BCUT2D eigenvalue weighted by Gasteiger charge is 2.50. The molecule has 2 aromatic rings. The number of hydrogen-bond acceptors (Lipinski definition) is 7. The molecule has 39 heavy (non-hydrogen) atoms.